The van der Waals surface area contributed by atoms with Crippen LogP contribution >= 0.6 is 0 Å². The molecule has 2 heterocycles. The molecule has 0 spiro atoms. The molecule has 2 aromatic rings. The number of benzene rings is 1. The van der Waals surface area contributed by atoms with E-state index in [0.29, 0.717) is 13.1 Å². The van der Waals surface area contributed by atoms with Crippen molar-refractivity contribution in [2.75, 3.05) is 27.2 Å². The number of carbonyl (C=O) groups excluding carboxylic acids is 1. The zero-order valence-electron chi connectivity index (χ0n) is 16.3. The number of ether oxygens (including phenoxy) is 1. The molecule has 1 fully saturated rings. The lowest BCUT2D eigenvalue weighted by atomic mass is 10.0. The molecule has 0 unspecified atom stereocenters. The number of hydrogen-bond acceptors (Lipinski definition) is 4. The van der Waals surface area contributed by atoms with Gasteiger partial charge in [-0.15, -0.1) is 0 Å². The summed E-state index contributed by atoms with van der Waals surface area (Å²) in [5.74, 6) is 1.07. The van der Waals surface area contributed by atoms with Crippen molar-refractivity contribution in [2.24, 2.45) is 0 Å². The number of rotatable bonds is 7. The predicted molar refractivity (Wildman–Crippen MR) is 107 cm³/mol. The van der Waals surface area contributed by atoms with Gasteiger partial charge in [0, 0.05) is 12.7 Å². The van der Waals surface area contributed by atoms with Crippen molar-refractivity contribution in [3.8, 4) is 5.75 Å². The van der Waals surface area contributed by atoms with Crippen LogP contribution in [0.4, 0.5) is 0 Å². The molecule has 0 N–H and O–H groups in total. The van der Waals surface area contributed by atoms with E-state index in [1.165, 1.54) is 12.0 Å². The third kappa shape index (κ3) is 5.30. The molecule has 1 atom stereocenters. The van der Waals surface area contributed by atoms with Gasteiger partial charge in [0.2, 0.25) is 5.91 Å². The molecule has 1 amide bonds. The van der Waals surface area contributed by atoms with Crippen LogP contribution in [-0.2, 0) is 17.8 Å². The van der Waals surface area contributed by atoms with Gasteiger partial charge in [-0.3, -0.25) is 14.7 Å². The van der Waals surface area contributed by atoms with Crippen molar-refractivity contribution in [1.29, 1.82) is 0 Å². The highest BCUT2D eigenvalue weighted by atomic mass is 16.5. The van der Waals surface area contributed by atoms with Crippen molar-refractivity contribution < 1.29 is 9.53 Å². The molecule has 1 aromatic carbocycles. The molecule has 27 heavy (non-hydrogen) atoms. The molecule has 1 aliphatic rings. The van der Waals surface area contributed by atoms with E-state index in [9.17, 15) is 4.79 Å². The maximum atomic E-state index is 13.3. The molecule has 144 valence electrons. The van der Waals surface area contributed by atoms with E-state index in [0.717, 1.165) is 37.3 Å². The summed E-state index contributed by atoms with van der Waals surface area (Å²) in [5.41, 5.74) is 2.13. The van der Waals surface area contributed by atoms with Gasteiger partial charge >= 0.3 is 0 Å². The maximum absolute atomic E-state index is 13.3. The molecule has 1 aromatic heterocycles. The Hall–Kier alpha value is -2.40. The van der Waals surface area contributed by atoms with Crippen LogP contribution in [0.3, 0.4) is 0 Å². The van der Waals surface area contributed by atoms with E-state index in [2.05, 4.69) is 29.1 Å². The smallest absolute Gasteiger partial charge is 0.240 e. The normalized spacial score (nSPS) is 17.5. The van der Waals surface area contributed by atoms with Gasteiger partial charge in [0.25, 0.3) is 0 Å². The SMILES string of the molecule is COc1ccc(CCN(Cc2ccccn2)C(=O)[C@@H]2CCCCN2C)cc1. The second-order valence-electron chi connectivity index (χ2n) is 7.17. The number of pyridine rings is 1. The number of nitrogens with zero attached hydrogens (tertiary/aromatic N) is 3. The van der Waals surface area contributed by atoms with Gasteiger partial charge in [-0.25, -0.2) is 0 Å². The highest BCUT2D eigenvalue weighted by molar-refractivity contribution is 5.82. The molecular formula is C22H29N3O2. The summed E-state index contributed by atoms with van der Waals surface area (Å²) in [7, 11) is 3.73. The second-order valence-corrected chi connectivity index (χ2v) is 7.17. The minimum atomic E-state index is -0.0154. The van der Waals surface area contributed by atoms with Gasteiger partial charge in [-0.1, -0.05) is 24.6 Å². The van der Waals surface area contributed by atoms with E-state index >= 15 is 0 Å². The molecule has 3 rings (SSSR count). The summed E-state index contributed by atoms with van der Waals surface area (Å²) in [6.45, 7) is 2.23. The van der Waals surface area contributed by atoms with Crippen LogP contribution in [0.15, 0.2) is 48.7 Å². The van der Waals surface area contributed by atoms with E-state index in [4.69, 9.17) is 4.74 Å². The minimum absolute atomic E-state index is 0.0154. The molecule has 5 heteroatoms. The van der Waals surface area contributed by atoms with Crippen LogP contribution in [0, 0.1) is 0 Å². The van der Waals surface area contributed by atoms with Gasteiger partial charge in [-0.05, 0) is 62.7 Å². The Bertz CT molecular complexity index is 718. The van der Waals surface area contributed by atoms with Crippen LogP contribution in [0.2, 0.25) is 0 Å². The van der Waals surface area contributed by atoms with Crippen LogP contribution < -0.4 is 4.74 Å². The molecule has 1 saturated heterocycles. The van der Waals surface area contributed by atoms with Gasteiger partial charge in [-0.2, -0.15) is 0 Å². The molecule has 0 bridgehead atoms. The van der Waals surface area contributed by atoms with Gasteiger partial charge in [0.1, 0.15) is 5.75 Å². The number of aromatic nitrogens is 1. The fraction of sp³-hybridized carbons (Fsp3) is 0.455. The molecule has 1 aliphatic heterocycles. The van der Waals surface area contributed by atoms with Crippen LogP contribution in [0.5, 0.6) is 5.75 Å². The van der Waals surface area contributed by atoms with Crippen molar-refractivity contribution in [2.45, 2.75) is 38.3 Å². The number of carbonyl (C=O) groups is 1. The van der Waals surface area contributed by atoms with Crippen LogP contribution in [0.25, 0.3) is 0 Å². The first kappa shape index (κ1) is 19.4. The van der Waals surface area contributed by atoms with Crippen molar-refractivity contribution in [3.05, 3.63) is 59.9 Å². The lowest BCUT2D eigenvalue weighted by Gasteiger charge is -2.35. The highest BCUT2D eigenvalue weighted by Gasteiger charge is 2.29. The Morgan fingerprint density at radius 1 is 1.22 bits per heavy atom. The summed E-state index contributed by atoms with van der Waals surface area (Å²) < 4.78 is 5.22. The summed E-state index contributed by atoms with van der Waals surface area (Å²) in [6.07, 6.45) is 5.84. The lowest BCUT2D eigenvalue weighted by Crippen LogP contribution is -2.49. The maximum Gasteiger partial charge on any atom is 0.240 e. The first-order valence-electron chi connectivity index (χ1n) is 9.69. The Morgan fingerprint density at radius 3 is 2.70 bits per heavy atom. The lowest BCUT2D eigenvalue weighted by molar-refractivity contribution is -0.138. The topological polar surface area (TPSA) is 45.7 Å². The number of piperidine rings is 1. The average molecular weight is 367 g/mol. The van der Waals surface area contributed by atoms with Gasteiger partial charge in [0.05, 0.1) is 25.4 Å². The van der Waals surface area contributed by atoms with E-state index < -0.39 is 0 Å². The zero-order chi connectivity index (χ0) is 19.1. The molecule has 5 nitrogen and oxygen atoms in total. The fourth-order valence-corrected chi connectivity index (χ4v) is 3.61. The van der Waals surface area contributed by atoms with E-state index in [1.54, 1.807) is 13.3 Å². The number of likely N-dealkylation sites (tertiary alicyclic amines) is 1. The summed E-state index contributed by atoms with van der Waals surface area (Å²) in [4.78, 5) is 21.9. The van der Waals surface area contributed by atoms with Crippen molar-refractivity contribution >= 4 is 5.91 Å². The second kappa shape index (κ2) is 9.51. The van der Waals surface area contributed by atoms with Crippen LogP contribution in [-0.4, -0.2) is 54.0 Å². The first-order valence-corrected chi connectivity index (χ1v) is 9.69. The van der Waals surface area contributed by atoms with Crippen molar-refractivity contribution in [1.82, 2.24) is 14.8 Å². The Balaban J connectivity index is 1.71. The highest BCUT2D eigenvalue weighted by Crippen LogP contribution is 2.19. The largest absolute Gasteiger partial charge is 0.497 e. The average Bonchev–Trinajstić information content (AvgIpc) is 2.72. The third-order valence-corrected chi connectivity index (χ3v) is 5.28. The van der Waals surface area contributed by atoms with Crippen molar-refractivity contribution in [3.63, 3.8) is 0 Å². The summed E-state index contributed by atoms with van der Waals surface area (Å²) >= 11 is 0. The molecule has 0 saturated carbocycles. The molecule has 0 radical (unpaired) electrons. The molecule has 0 aliphatic carbocycles. The monoisotopic (exact) mass is 367 g/mol. The Kier molecular flexibility index (Phi) is 6.82. The Labute approximate surface area is 162 Å². The summed E-state index contributed by atoms with van der Waals surface area (Å²) in [6, 6.07) is 13.9. The first-order chi connectivity index (χ1) is 13.2. The van der Waals surface area contributed by atoms with Gasteiger partial charge in [0.15, 0.2) is 0 Å². The predicted octanol–water partition coefficient (Wildman–Crippen LogP) is 3.15. The minimum Gasteiger partial charge on any atom is -0.497 e. The Morgan fingerprint density at radius 2 is 2.04 bits per heavy atom. The number of hydrogen-bond donors (Lipinski definition) is 0. The number of likely N-dealkylation sites (N-methyl/N-ethyl adjacent to an activating group) is 1. The third-order valence-electron chi connectivity index (χ3n) is 5.28. The van der Waals surface area contributed by atoms with E-state index in [1.807, 2.05) is 35.2 Å². The van der Waals surface area contributed by atoms with Crippen LogP contribution in [0.1, 0.15) is 30.5 Å². The quantitative estimate of drug-likeness (QED) is 0.754. The standard InChI is InChI=1S/C22H29N3O2/c1-24-15-6-4-8-21(24)22(26)25(17-19-7-3-5-14-23-19)16-13-18-9-11-20(27-2)12-10-18/h3,5,7,9-12,14,21H,4,6,8,13,15-17H2,1-2H3/t21-/m0/s1. The van der Waals surface area contributed by atoms with E-state index in [-0.39, 0.29) is 11.9 Å². The van der Waals surface area contributed by atoms with Gasteiger partial charge < -0.3 is 9.64 Å². The molecular weight excluding hydrogens is 338 g/mol. The number of amides is 1. The fourth-order valence-electron chi connectivity index (χ4n) is 3.61. The zero-order valence-corrected chi connectivity index (χ0v) is 16.3. The number of methoxy groups -OCH3 is 1. The summed E-state index contributed by atoms with van der Waals surface area (Å²) in [5, 5.41) is 0.